The predicted octanol–water partition coefficient (Wildman–Crippen LogP) is 3.18. The zero-order valence-corrected chi connectivity index (χ0v) is 18.2. The number of hydrogen-bond donors (Lipinski definition) is 2. The molecule has 0 aliphatic rings. The number of hydrogen-bond acceptors (Lipinski definition) is 7. The first-order valence-electron chi connectivity index (χ1n) is 10.3. The minimum atomic E-state index is -0.610. The minimum absolute atomic E-state index is 0.187. The molecule has 9 nitrogen and oxygen atoms in total. The number of benzene rings is 2. The molecule has 2 N–H and O–H groups in total. The van der Waals surface area contributed by atoms with Crippen LogP contribution in [0.15, 0.2) is 71.2 Å². The Bertz CT molecular complexity index is 1040. The highest BCUT2D eigenvalue weighted by molar-refractivity contribution is 6.01. The molecule has 0 spiro atoms. The van der Waals surface area contributed by atoms with Crippen LogP contribution in [0.3, 0.4) is 0 Å². The zero-order valence-electron chi connectivity index (χ0n) is 18.2. The molecule has 0 radical (unpaired) electrons. The number of amides is 2. The molecule has 2 aromatic carbocycles. The molecule has 0 bridgehead atoms. The lowest BCUT2D eigenvalue weighted by Gasteiger charge is -2.18. The van der Waals surface area contributed by atoms with Gasteiger partial charge in [-0.25, -0.2) is 5.48 Å². The number of nitrogens with zero attached hydrogens (tertiary/aromatic N) is 1. The Morgan fingerprint density at radius 2 is 1.88 bits per heavy atom. The summed E-state index contributed by atoms with van der Waals surface area (Å²) in [6.45, 7) is 1.62. The normalized spacial score (nSPS) is 11.1. The fraction of sp³-hybridized carbons (Fsp3) is 0.250. The highest BCUT2D eigenvalue weighted by Crippen LogP contribution is 2.26. The molecule has 1 aromatic heterocycles. The second-order valence-electron chi connectivity index (χ2n) is 6.90. The third-order valence-electron chi connectivity index (χ3n) is 4.65. The first kappa shape index (κ1) is 24.0. The van der Waals surface area contributed by atoms with Crippen molar-refractivity contribution in [2.45, 2.75) is 0 Å². The van der Waals surface area contributed by atoms with Gasteiger partial charge in [-0.1, -0.05) is 24.3 Å². The van der Waals surface area contributed by atoms with Gasteiger partial charge < -0.3 is 18.6 Å². The third-order valence-corrected chi connectivity index (χ3v) is 4.65. The Morgan fingerprint density at radius 3 is 2.61 bits per heavy atom. The number of para-hydroxylation sites is 1. The van der Waals surface area contributed by atoms with Crippen molar-refractivity contribution in [2.75, 3.05) is 45.0 Å². The molecule has 174 valence electrons. The first-order valence-corrected chi connectivity index (χ1v) is 10.3. The number of fused-ring (bicyclic) bond motifs is 1. The fourth-order valence-corrected chi connectivity index (χ4v) is 2.98. The summed E-state index contributed by atoms with van der Waals surface area (Å²) in [4.78, 5) is 25.8. The third kappa shape index (κ3) is 6.91. The Labute approximate surface area is 191 Å². The number of carbonyl (C=O) groups is 2. The molecule has 0 saturated heterocycles. The van der Waals surface area contributed by atoms with Gasteiger partial charge in [0.25, 0.3) is 11.8 Å². The van der Waals surface area contributed by atoms with E-state index < -0.39 is 5.91 Å². The number of methoxy groups -OCH3 is 1. The van der Waals surface area contributed by atoms with E-state index in [9.17, 15) is 9.59 Å². The molecule has 2 amide bonds. The molecule has 3 rings (SSSR count). The van der Waals surface area contributed by atoms with E-state index in [1.807, 2.05) is 24.3 Å². The average molecular weight is 454 g/mol. The number of anilines is 1. The second-order valence-corrected chi connectivity index (χ2v) is 6.90. The van der Waals surface area contributed by atoms with Crippen molar-refractivity contribution < 1.29 is 33.4 Å². The summed E-state index contributed by atoms with van der Waals surface area (Å²) in [5.41, 5.74) is 2.55. The summed E-state index contributed by atoms with van der Waals surface area (Å²) in [5, 5.41) is 9.58. The van der Waals surface area contributed by atoms with Crippen LogP contribution in [0.1, 0.15) is 10.4 Å². The van der Waals surface area contributed by atoms with Crippen LogP contribution in [0.5, 0.6) is 5.75 Å². The van der Waals surface area contributed by atoms with Crippen molar-refractivity contribution >= 4 is 28.7 Å². The van der Waals surface area contributed by atoms with E-state index >= 15 is 0 Å². The van der Waals surface area contributed by atoms with Crippen LogP contribution in [-0.2, 0) is 14.3 Å². The van der Waals surface area contributed by atoms with E-state index in [0.29, 0.717) is 36.0 Å². The number of furan rings is 1. The van der Waals surface area contributed by atoms with Gasteiger partial charge >= 0.3 is 0 Å². The summed E-state index contributed by atoms with van der Waals surface area (Å²) in [7, 11) is 1.59. The van der Waals surface area contributed by atoms with E-state index in [0.717, 1.165) is 5.39 Å². The Balaban J connectivity index is 1.65. The topological polar surface area (TPSA) is 110 Å². The summed E-state index contributed by atoms with van der Waals surface area (Å²) >= 11 is 0. The smallest absolute Gasteiger partial charge is 0.274 e. The number of hydroxylamine groups is 1. The monoisotopic (exact) mass is 454 g/mol. The quantitative estimate of drug-likeness (QED) is 0.187. The van der Waals surface area contributed by atoms with E-state index in [-0.39, 0.29) is 25.7 Å². The summed E-state index contributed by atoms with van der Waals surface area (Å²) in [5.74, 6) is 0.0393. The van der Waals surface area contributed by atoms with Gasteiger partial charge in [0.05, 0.1) is 26.4 Å². The molecule has 33 heavy (non-hydrogen) atoms. The molecular formula is C24H26N2O7. The van der Waals surface area contributed by atoms with E-state index in [4.69, 9.17) is 23.8 Å². The van der Waals surface area contributed by atoms with Gasteiger partial charge in [0.2, 0.25) is 5.88 Å². The van der Waals surface area contributed by atoms with E-state index in [2.05, 4.69) is 0 Å². The van der Waals surface area contributed by atoms with Crippen molar-refractivity contribution in [3.8, 4) is 5.75 Å². The summed E-state index contributed by atoms with van der Waals surface area (Å²) in [6.07, 6.45) is 3.07. The summed E-state index contributed by atoms with van der Waals surface area (Å²) < 4.78 is 21.9. The van der Waals surface area contributed by atoms with Crippen molar-refractivity contribution in [1.82, 2.24) is 5.48 Å². The van der Waals surface area contributed by atoms with Crippen LogP contribution in [-0.4, -0.2) is 57.1 Å². The molecule has 0 aliphatic carbocycles. The molecule has 0 saturated carbocycles. The number of carbonyl (C=O) groups excluding carboxylic acids is 2. The maximum absolute atomic E-state index is 12.9. The second kappa shape index (κ2) is 12.4. The van der Waals surface area contributed by atoms with Crippen LogP contribution >= 0.6 is 0 Å². The predicted molar refractivity (Wildman–Crippen MR) is 122 cm³/mol. The number of ether oxygens (including phenoxy) is 3. The first-order chi connectivity index (χ1) is 16.1. The lowest BCUT2D eigenvalue weighted by Crippen LogP contribution is -2.33. The van der Waals surface area contributed by atoms with Crippen LogP contribution in [0, 0.1) is 0 Å². The number of rotatable bonds is 12. The van der Waals surface area contributed by atoms with Crippen LogP contribution in [0.2, 0.25) is 0 Å². The van der Waals surface area contributed by atoms with E-state index in [1.54, 1.807) is 36.9 Å². The highest BCUT2D eigenvalue weighted by atomic mass is 16.5. The Kier molecular flexibility index (Phi) is 9.01. The van der Waals surface area contributed by atoms with Crippen molar-refractivity contribution in [1.29, 1.82) is 0 Å². The standard InChI is InChI=1S/C24H26N2O7/c1-30-15-16-31-13-4-7-22(27)26(23-17-19-5-2-3-6-21(19)33-23)12-14-32-20-10-8-18(9-11-20)24(28)25-29/h2-11,17,29H,12-16H2,1H3,(H,25,28). The van der Waals surface area contributed by atoms with E-state index in [1.165, 1.54) is 23.1 Å². The average Bonchev–Trinajstić information content (AvgIpc) is 3.27. The highest BCUT2D eigenvalue weighted by Gasteiger charge is 2.18. The molecule has 0 aliphatic heterocycles. The SMILES string of the molecule is COCCOCC=CC(=O)N(CCOc1ccc(C(=O)NO)cc1)c1cc2ccccc2o1. The molecule has 9 heteroatoms. The largest absolute Gasteiger partial charge is 0.492 e. The van der Waals surface area contributed by atoms with Crippen molar-refractivity contribution in [2.24, 2.45) is 0 Å². The zero-order chi connectivity index (χ0) is 23.5. The Morgan fingerprint density at radius 1 is 1.09 bits per heavy atom. The van der Waals surface area contributed by atoms with Gasteiger partial charge in [0.15, 0.2) is 0 Å². The van der Waals surface area contributed by atoms with Gasteiger partial charge in [-0.2, -0.15) is 0 Å². The molecular weight excluding hydrogens is 428 g/mol. The lowest BCUT2D eigenvalue weighted by molar-refractivity contribution is -0.114. The minimum Gasteiger partial charge on any atom is -0.492 e. The van der Waals surface area contributed by atoms with Crippen LogP contribution in [0.25, 0.3) is 11.0 Å². The van der Waals surface area contributed by atoms with Gasteiger partial charge in [-0.15, -0.1) is 0 Å². The lowest BCUT2D eigenvalue weighted by atomic mass is 10.2. The maximum atomic E-state index is 12.9. The van der Waals surface area contributed by atoms with Crippen LogP contribution in [0.4, 0.5) is 5.88 Å². The van der Waals surface area contributed by atoms with Gasteiger partial charge in [0.1, 0.15) is 17.9 Å². The molecule has 3 aromatic rings. The fourth-order valence-electron chi connectivity index (χ4n) is 2.98. The molecule has 0 unspecified atom stereocenters. The Hall–Kier alpha value is -3.66. The van der Waals surface area contributed by atoms with Gasteiger partial charge in [-0.05, 0) is 30.3 Å². The van der Waals surface area contributed by atoms with Crippen molar-refractivity contribution in [3.63, 3.8) is 0 Å². The molecule has 0 fully saturated rings. The van der Waals surface area contributed by atoms with Crippen LogP contribution < -0.4 is 15.1 Å². The molecule has 0 atom stereocenters. The maximum Gasteiger partial charge on any atom is 0.274 e. The number of nitrogens with one attached hydrogen (secondary N) is 1. The van der Waals surface area contributed by atoms with Crippen molar-refractivity contribution in [3.05, 3.63) is 72.3 Å². The molecule has 1 heterocycles. The van der Waals surface area contributed by atoms with Gasteiger partial charge in [0, 0.05) is 30.2 Å². The van der Waals surface area contributed by atoms with Gasteiger partial charge in [-0.3, -0.25) is 19.7 Å². The summed E-state index contributed by atoms with van der Waals surface area (Å²) in [6, 6.07) is 15.6.